The number of methoxy groups -OCH3 is 2. The largest absolute Gasteiger partial charge is 0.493 e. The van der Waals surface area contributed by atoms with Crippen molar-refractivity contribution in [3.05, 3.63) is 89.8 Å². The van der Waals surface area contributed by atoms with E-state index in [9.17, 15) is 9.59 Å². The van der Waals surface area contributed by atoms with Crippen LogP contribution in [0.1, 0.15) is 23.4 Å². The molecular weight excluding hydrogens is 460 g/mol. The molecule has 0 amide bonds. The molecule has 7 nitrogen and oxygen atoms in total. The Bertz CT molecular complexity index is 1410. The minimum atomic E-state index is -0.605. The van der Waals surface area contributed by atoms with Gasteiger partial charge < -0.3 is 14.2 Å². The molecule has 1 aliphatic heterocycles. The van der Waals surface area contributed by atoms with Crippen LogP contribution in [0.2, 0.25) is 0 Å². The molecule has 0 N–H and O–H groups in total. The number of thiophene rings is 1. The molecular formula is C24H22N2O5S2. The van der Waals surface area contributed by atoms with Crippen molar-refractivity contribution in [3.8, 4) is 11.5 Å². The summed E-state index contributed by atoms with van der Waals surface area (Å²) in [5.41, 5.74) is 1.44. The molecule has 0 saturated carbocycles. The second-order valence-electron chi connectivity index (χ2n) is 7.10. The first kappa shape index (κ1) is 22.8. The summed E-state index contributed by atoms with van der Waals surface area (Å²) < 4.78 is 18.0. The summed E-state index contributed by atoms with van der Waals surface area (Å²) in [6.07, 6.45) is 3.29. The Morgan fingerprint density at radius 3 is 2.70 bits per heavy atom. The molecule has 0 aliphatic carbocycles. The van der Waals surface area contributed by atoms with Gasteiger partial charge in [-0.2, -0.15) is 0 Å². The van der Waals surface area contributed by atoms with Crippen LogP contribution in [0, 0.1) is 0 Å². The summed E-state index contributed by atoms with van der Waals surface area (Å²) in [6, 6.07) is 8.62. The van der Waals surface area contributed by atoms with Crippen LogP contribution in [0.25, 0.3) is 6.08 Å². The third-order valence-electron chi connectivity index (χ3n) is 5.09. The molecule has 33 heavy (non-hydrogen) atoms. The van der Waals surface area contributed by atoms with Crippen LogP contribution >= 0.6 is 22.7 Å². The number of esters is 1. The summed E-state index contributed by atoms with van der Waals surface area (Å²) in [6.45, 7) is 5.43. The van der Waals surface area contributed by atoms with E-state index in [-0.39, 0.29) is 12.2 Å². The minimum absolute atomic E-state index is 0.0799. The number of ether oxygens (including phenoxy) is 3. The van der Waals surface area contributed by atoms with Gasteiger partial charge in [0.05, 0.1) is 30.0 Å². The third-order valence-corrected chi connectivity index (χ3v) is 7.00. The zero-order valence-corrected chi connectivity index (χ0v) is 20.0. The van der Waals surface area contributed by atoms with E-state index in [1.807, 2.05) is 23.6 Å². The average molecular weight is 483 g/mol. The Kier molecular flexibility index (Phi) is 6.62. The lowest BCUT2D eigenvalue weighted by molar-refractivity contribution is -0.138. The van der Waals surface area contributed by atoms with Crippen molar-refractivity contribution in [2.75, 3.05) is 20.8 Å². The summed E-state index contributed by atoms with van der Waals surface area (Å²) in [5, 5.41) is 1.91. The normalized spacial score (nSPS) is 15.6. The van der Waals surface area contributed by atoms with Gasteiger partial charge in [0, 0.05) is 4.88 Å². The van der Waals surface area contributed by atoms with Gasteiger partial charge in [0.15, 0.2) is 16.3 Å². The first-order valence-electron chi connectivity index (χ1n) is 10.0. The molecule has 3 aromatic rings. The van der Waals surface area contributed by atoms with Gasteiger partial charge in [-0.05, 0) is 42.1 Å². The molecule has 0 bridgehead atoms. The van der Waals surface area contributed by atoms with Gasteiger partial charge in [-0.3, -0.25) is 9.36 Å². The molecule has 0 fully saturated rings. The Hall–Kier alpha value is -3.43. The van der Waals surface area contributed by atoms with Crippen molar-refractivity contribution in [1.29, 1.82) is 0 Å². The van der Waals surface area contributed by atoms with Crippen molar-refractivity contribution >= 4 is 34.7 Å². The molecule has 170 valence electrons. The quantitative estimate of drug-likeness (QED) is 0.382. The van der Waals surface area contributed by atoms with E-state index >= 15 is 0 Å². The first-order chi connectivity index (χ1) is 16.0. The van der Waals surface area contributed by atoms with E-state index in [2.05, 4.69) is 11.6 Å². The number of nitrogens with zero attached hydrogens (tertiary/aromatic N) is 2. The highest BCUT2D eigenvalue weighted by Gasteiger charge is 2.33. The van der Waals surface area contributed by atoms with Crippen LogP contribution in [0.4, 0.5) is 0 Å². The first-order valence-corrected chi connectivity index (χ1v) is 11.7. The van der Waals surface area contributed by atoms with Crippen molar-refractivity contribution in [3.63, 3.8) is 0 Å². The zero-order chi connectivity index (χ0) is 23.5. The van der Waals surface area contributed by atoms with Gasteiger partial charge in [-0.15, -0.1) is 11.3 Å². The summed E-state index contributed by atoms with van der Waals surface area (Å²) >= 11 is 2.75. The SMILES string of the molecule is C=CCOC(=O)C1=C(C)N=c2s/c(=C/c3ccc(OC)c(OC)c3)c(=O)n2[C@@H]1c1cccs1. The Balaban J connectivity index is 1.88. The molecule has 4 rings (SSSR count). The van der Waals surface area contributed by atoms with E-state index in [0.29, 0.717) is 32.1 Å². The maximum Gasteiger partial charge on any atom is 0.338 e. The number of thiazole rings is 1. The summed E-state index contributed by atoms with van der Waals surface area (Å²) in [4.78, 5) is 32.4. The Morgan fingerprint density at radius 1 is 1.24 bits per heavy atom. The predicted molar refractivity (Wildman–Crippen MR) is 129 cm³/mol. The van der Waals surface area contributed by atoms with Crippen LogP contribution < -0.4 is 24.4 Å². The molecule has 3 heterocycles. The van der Waals surface area contributed by atoms with Crippen molar-refractivity contribution < 1.29 is 19.0 Å². The maximum absolute atomic E-state index is 13.5. The van der Waals surface area contributed by atoms with E-state index in [0.717, 1.165) is 10.4 Å². The molecule has 0 spiro atoms. The number of aromatic nitrogens is 1. The van der Waals surface area contributed by atoms with Crippen molar-refractivity contribution in [1.82, 2.24) is 4.57 Å². The third kappa shape index (κ3) is 4.29. The maximum atomic E-state index is 13.5. The number of carbonyl (C=O) groups excluding carboxylic acids is 1. The van der Waals surface area contributed by atoms with Gasteiger partial charge >= 0.3 is 5.97 Å². The molecule has 9 heteroatoms. The molecule has 0 unspecified atom stereocenters. The zero-order valence-electron chi connectivity index (χ0n) is 18.4. The van der Waals surface area contributed by atoms with Gasteiger partial charge in [0.1, 0.15) is 12.6 Å². The number of benzene rings is 1. The van der Waals surface area contributed by atoms with Crippen molar-refractivity contribution in [2.24, 2.45) is 4.99 Å². The second-order valence-corrected chi connectivity index (χ2v) is 9.09. The highest BCUT2D eigenvalue weighted by atomic mass is 32.1. The van der Waals surface area contributed by atoms with Crippen LogP contribution in [-0.4, -0.2) is 31.4 Å². The summed E-state index contributed by atoms with van der Waals surface area (Å²) in [5.74, 6) is 0.661. The van der Waals surface area contributed by atoms with Gasteiger partial charge in [-0.25, -0.2) is 9.79 Å². The monoisotopic (exact) mass is 482 g/mol. The lowest BCUT2D eigenvalue weighted by atomic mass is 10.0. The van der Waals surface area contributed by atoms with E-state index in [1.54, 1.807) is 43.9 Å². The number of carbonyl (C=O) groups is 1. The molecule has 1 aliphatic rings. The topological polar surface area (TPSA) is 79.1 Å². The summed E-state index contributed by atoms with van der Waals surface area (Å²) in [7, 11) is 3.13. The lowest BCUT2D eigenvalue weighted by Gasteiger charge is -2.23. The smallest absolute Gasteiger partial charge is 0.338 e. The average Bonchev–Trinajstić information content (AvgIpc) is 3.45. The highest BCUT2D eigenvalue weighted by molar-refractivity contribution is 7.10. The van der Waals surface area contributed by atoms with Gasteiger partial charge in [0.25, 0.3) is 5.56 Å². The fraction of sp³-hybridized carbons (Fsp3) is 0.208. The van der Waals surface area contributed by atoms with Crippen LogP contribution in [0.5, 0.6) is 11.5 Å². The number of hydrogen-bond donors (Lipinski definition) is 0. The fourth-order valence-electron chi connectivity index (χ4n) is 3.61. The standard InChI is InChI=1S/C24H22N2O5S2/c1-5-10-31-23(28)20-14(2)25-24-26(21(20)18-7-6-11-32-18)22(27)19(33-24)13-15-8-9-16(29-3)17(12-15)30-4/h5-9,11-13,21H,1,10H2,2-4H3/b19-13+/t21-/m1/s1. The van der Waals surface area contributed by atoms with Crippen LogP contribution in [-0.2, 0) is 9.53 Å². The Morgan fingerprint density at radius 2 is 2.03 bits per heavy atom. The molecule has 1 atom stereocenters. The lowest BCUT2D eigenvalue weighted by Crippen LogP contribution is -2.39. The van der Waals surface area contributed by atoms with E-state index in [4.69, 9.17) is 14.2 Å². The highest BCUT2D eigenvalue weighted by Crippen LogP contribution is 2.33. The molecule has 0 radical (unpaired) electrons. The second kappa shape index (κ2) is 9.60. The molecule has 1 aromatic carbocycles. The van der Waals surface area contributed by atoms with Crippen LogP contribution in [0.3, 0.4) is 0 Å². The van der Waals surface area contributed by atoms with E-state index < -0.39 is 12.0 Å². The van der Waals surface area contributed by atoms with Crippen molar-refractivity contribution in [2.45, 2.75) is 13.0 Å². The minimum Gasteiger partial charge on any atom is -0.493 e. The predicted octanol–water partition coefficient (Wildman–Crippen LogP) is 3.04. The number of rotatable bonds is 7. The van der Waals surface area contributed by atoms with Crippen LogP contribution in [0.15, 0.2) is 69.4 Å². The van der Waals surface area contributed by atoms with Gasteiger partial charge in [0.2, 0.25) is 0 Å². The number of allylic oxidation sites excluding steroid dienone is 1. The van der Waals surface area contributed by atoms with Gasteiger partial charge in [-0.1, -0.05) is 36.1 Å². The van der Waals surface area contributed by atoms with E-state index in [1.165, 1.54) is 28.7 Å². The fourth-order valence-corrected chi connectivity index (χ4v) is 5.48. The molecule has 2 aromatic heterocycles. The Labute approximate surface area is 198 Å². The molecule has 0 saturated heterocycles. The number of hydrogen-bond acceptors (Lipinski definition) is 8. The number of fused-ring (bicyclic) bond motifs is 1.